The summed E-state index contributed by atoms with van der Waals surface area (Å²) in [5.41, 5.74) is 6.03. The van der Waals surface area contributed by atoms with Gasteiger partial charge in [0.15, 0.2) is 0 Å². The molecule has 0 bridgehead atoms. The minimum Gasteiger partial charge on any atom is -0.478 e. The summed E-state index contributed by atoms with van der Waals surface area (Å²) in [7, 11) is 0. The molecular weight excluding hydrogens is 289 g/mol. The van der Waals surface area contributed by atoms with Crippen LogP contribution in [0.2, 0.25) is 10.0 Å². The lowest BCUT2D eigenvalue weighted by Gasteiger charge is -2.10. The van der Waals surface area contributed by atoms with Crippen molar-refractivity contribution in [3.63, 3.8) is 0 Å². The second kappa shape index (κ2) is 5.38. The third-order valence-corrected chi connectivity index (χ3v) is 3.09. The van der Waals surface area contributed by atoms with Gasteiger partial charge in [-0.1, -0.05) is 23.2 Å². The lowest BCUT2D eigenvalue weighted by atomic mass is 10.2. The number of carboxylic acids is 1. The summed E-state index contributed by atoms with van der Waals surface area (Å²) < 4.78 is 5.48. The highest BCUT2D eigenvalue weighted by atomic mass is 35.5. The van der Waals surface area contributed by atoms with Gasteiger partial charge in [-0.3, -0.25) is 0 Å². The number of hydrogen-bond donors (Lipinski definition) is 2. The number of aromatic carboxylic acids is 1. The molecule has 0 unspecified atom stereocenters. The molecule has 0 amide bonds. The molecule has 0 radical (unpaired) electrons. The van der Waals surface area contributed by atoms with E-state index in [9.17, 15) is 4.79 Å². The topological polar surface area (TPSA) is 72.6 Å². The summed E-state index contributed by atoms with van der Waals surface area (Å²) >= 11 is 11.6. The number of carbonyl (C=O) groups is 1. The highest BCUT2D eigenvalue weighted by Gasteiger charge is 2.13. The van der Waals surface area contributed by atoms with E-state index in [-0.39, 0.29) is 11.3 Å². The van der Waals surface area contributed by atoms with Crippen LogP contribution in [0, 0.1) is 0 Å². The number of benzene rings is 2. The van der Waals surface area contributed by atoms with Crippen molar-refractivity contribution in [1.82, 2.24) is 0 Å². The molecule has 19 heavy (non-hydrogen) atoms. The van der Waals surface area contributed by atoms with Crippen LogP contribution in [0.25, 0.3) is 0 Å². The SMILES string of the molecule is Nc1ccc(C(=O)O)c(Oc2ccc(Cl)c(Cl)c2)c1. The fourth-order valence-electron chi connectivity index (χ4n) is 1.47. The van der Waals surface area contributed by atoms with Gasteiger partial charge < -0.3 is 15.6 Å². The molecule has 0 heterocycles. The van der Waals surface area contributed by atoms with Crippen molar-refractivity contribution in [3.8, 4) is 11.5 Å². The first-order chi connectivity index (χ1) is 8.97. The summed E-state index contributed by atoms with van der Waals surface area (Å²) in [5, 5.41) is 9.77. The Labute approximate surface area is 119 Å². The maximum Gasteiger partial charge on any atom is 0.339 e. The number of nitrogens with two attached hydrogens (primary N) is 1. The van der Waals surface area contributed by atoms with Gasteiger partial charge in [0.25, 0.3) is 0 Å². The number of halogens is 2. The molecule has 0 fully saturated rings. The third kappa shape index (κ3) is 3.10. The van der Waals surface area contributed by atoms with Gasteiger partial charge in [0.2, 0.25) is 0 Å². The van der Waals surface area contributed by atoms with E-state index >= 15 is 0 Å². The largest absolute Gasteiger partial charge is 0.478 e. The summed E-state index contributed by atoms with van der Waals surface area (Å²) in [6, 6.07) is 8.95. The van der Waals surface area contributed by atoms with Gasteiger partial charge in [0.05, 0.1) is 10.0 Å². The Kier molecular flexibility index (Phi) is 3.83. The Morgan fingerprint density at radius 3 is 2.47 bits per heavy atom. The van der Waals surface area contributed by atoms with E-state index in [4.69, 9.17) is 38.8 Å². The molecule has 0 atom stereocenters. The monoisotopic (exact) mass is 297 g/mol. The highest BCUT2D eigenvalue weighted by molar-refractivity contribution is 6.42. The van der Waals surface area contributed by atoms with Crippen LogP contribution in [0.5, 0.6) is 11.5 Å². The molecule has 0 aliphatic heterocycles. The van der Waals surface area contributed by atoms with Crippen molar-refractivity contribution < 1.29 is 14.6 Å². The van der Waals surface area contributed by atoms with Crippen LogP contribution in [0.3, 0.4) is 0 Å². The number of nitrogen functional groups attached to an aromatic ring is 1. The Hall–Kier alpha value is -1.91. The Balaban J connectivity index is 2.39. The average Bonchev–Trinajstić information content (AvgIpc) is 2.33. The molecule has 6 heteroatoms. The average molecular weight is 298 g/mol. The summed E-state index contributed by atoms with van der Waals surface area (Å²) in [6.07, 6.45) is 0. The molecule has 0 saturated heterocycles. The van der Waals surface area contributed by atoms with Crippen LogP contribution in [-0.4, -0.2) is 11.1 Å². The van der Waals surface area contributed by atoms with Crippen LogP contribution in [-0.2, 0) is 0 Å². The number of anilines is 1. The first-order valence-corrected chi connectivity index (χ1v) is 5.98. The maximum absolute atomic E-state index is 11.1. The smallest absolute Gasteiger partial charge is 0.339 e. The first kappa shape index (κ1) is 13.5. The van der Waals surface area contributed by atoms with Gasteiger partial charge in [0.1, 0.15) is 17.1 Å². The molecule has 2 rings (SSSR count). The predicted octanol–water partition coefficient (Wildman–Crippen LogP) is 4.07. The van der Waals surface area contributed by atoms with E-state index in [1.807, 2.05) is 0 Å². The van der Waals surface area contributed by atoms with E-state index in [1.165, 1.54) is 24.3 Å². The second-order valence-corrected chi connectivity index (χ2v) is 4.55. The zero-order chi connectivity index (χ0) is 14.0. The molecule has 0 aliphatic rings. The van der Waals surface area contributed by atoms with Crippen molar-refractivity contribution >= 4 is 34.9 Å². The molecule has 0 aliphatic carbocycles. The van der Waals surface area contributed by atoms with E-state index in [2.05, 4.69) is 0 Å². The Morgan fingerprint density at radius 2 is 1.84 bits per heavy atom. The second-order valence-electron chi connectivity index (χ2n) is 3.74. The maximum atomic E-state index is 11.1. The van der Waals surface area contributed by atoms with E-state index < -0.39 is 5.97 Å². The molecule has 0 aromatic heterocycles. The van der Waals surface area contributed by atoms with Gasteiger partial charge in [-0.2, -0.15) is 0 Å². The van der Waals surface area contributed by atoms with Crippen LogP contribution < -0.4 is 10.5 Å². The standard InChI is InChI=1S/C13H9Cl2NO3/c14-10-4-2-8(6-11(10)15)19-12-5-7(16)1-3-9(12)13(17)18/h1-6H,16H2,(H,17,18). The van der Waals surface area contributed by atoms with Gasteiger partial charge in [-0.15, -0.1) is 0 Å². The summed E-state index contributed by atoms with van der Waals surface area (Å²) in [6.45, 7) is 0. The summed E-state index contributed by atoms with van der Waals surface area (Å²) in [4.78, 5) is 11.1. The van der Waals surface area contributed by atoms with Gasteiger partial charge in [-0.05, 0) is 24.3 Å². The third-order valence-electron chi connectivity index (χ3n) is 2.35. The number of rotatable bonds is 3. The molecule has 4 nitrogen and oxygen atoms in total. The van der Waals surface area contributed by atoms with Gasteiger partial charge in [0, 0.05) is 17.8 Å². The number of hydrogen-bond acceptors (Lipinski definition) is 3. The Bertz CT molecular complexity index is 644. The number of ether oxygens (including phenoxy) is 1. The van der Waals surface area contributed by atoms with Gasteiger partial charge >= 0.3 is 5.97 Å². The van der Waals surface area contributed by atoms with E-state index in [0.717, 1.165) is 0 Å². The first-order valence-electron chi connectivity index (χ1n) is 5.23. The van der Waals surface area contributed by atoms with Crippen LogP contribution >= 0.6 is 23.2 Å². The molecule has 2 aromatic carbocycles. The fourth-order valence-corrected chi connectivity index (χ4v) is 1.76. The normalized spacial score (nSPS) is 10.2. The molecule has 0 saturated carbocycles. The van der Waals surface area contributed by atoms with Crippen molar-refractivity contribution in [2.75, 3.05) is 5.73 Å². The molecular formula is C13H9Cl2NO3. The summed E-state index contributed by atoms with van der Waals surface area (Å²) in [5.74, 6) is -0.580. The minimum atomic E-state index is -1.10. The quantitative estimate of drug-likeness (QED) is 0.838. The molecule has 3 N–H and O–H groups in total. The molecule has 0 spiro atoms. The van der Waals surface area contributed by atoms with Crippen molar-refractivity contribution in [1.29, 1.82) is 0 Å². The van der Waals surface area contributed by atoms with Crippen LogP contribution in [0.1, 0.15) is 10.4 Å². The van der Waals surface area contributed by atoms with E-state index in [1.54, 1.807) is 12.1 Å². The lowest BCUT2D eigenvalue weighted by molar-refractivity contribution is 0.0694. The van der Waals surface area contributed by atoms with Crippen LogP contribution in [0.4, 0.5) is 5.69 Å². The number of carboxylic acid groups (broad SMARTS) is 1. The zero-order valence-corrected chi connectivity index (χ0v) is 11.1. The van der Waals surface area contributed by atoms with Gasteiger partial charge in [-0.25, -0.2) is 4.79 Å². The highest BCUT2D eigenvalue weighted by Crippen LogP contribution is 2.31. The Morgan fingerprint density at radius 1 is 1.11 bits per heavy atom. The van der Waals surface area contributed by atoms with Crippen molar-refractivity contribution in [2.45, 2.75) is 0 Å². The fraction of sp³-hybridized carbons (Fsp3) is 0. The van der Waals surface area contributed by atoms with Crippen LogP contribution in [0.15, 0.2) is 36.4 Å². The molecule has 98 valence electrons. The van der Waals surface area contributed by atoms with Crippen molar-refractivity contribution in [2.24, 2.45) is 0 Å². The van der Waals surface area contributed by atoms with E-state index in [0.29, 0.717) is 21.5 Å². The van der Waals surface area contributed by atoms with Crippen molar-refractivity contribution in [3.05, 3.63) is 52.0 Å². The minimum absolute atomic E-state index is 0.0141. The lowest BCUT2D eigenvalue weighted by Crippen LogP contribution is -2.01. The molecule has 2 aromatic rings. The zero-order valence-electron chi connectivity index (χ0n) is 9.56. The predicted molar refractivity (Wildman–Crippen MR) is 74.3 cm³/mol.